The molecule has 0 saturated heterocycles. The highest BCUT2D eigenvalue weighted by molar-refractivity contribution is 5.83. The number of amides is 1. The summed E-state index contributed by atoms with van der Waals surface area (Å²) < 4.78 is 0. The number of carbonyl (C=O) groups is 2. The monoisotopic (exact) mass is 220 g/mol. The second kappa shape index (κ2) is 6.00. The third kappa shape index (κ3) is 4.21. The first-order chi connectivity index (χ1) is 7.59. The zero-order valence-electron chi connectivity index (χ0n) is 9.62. The van der Waals surface area contributed by atoms with E-state index < -0.39 is 0 Å². The lowest BCUT2D eigenvalue weighted by Crippen LogP contribution is -2.23. The molecule has 0 aromatic carbocycles. The van der Waals surface area contributed by atoms with E-state index in [9.17, 15) is 9.59 Å². The SMILES string of the molecule is CC(=O)CCC(=O)NCc1cnccc1C. The Labute approximate surface area is 95.1 Å². The van der Waals surface area contributed by atoms with Crippen LogP contribution in [0.1, 0.15) is 30.9 Å². The highest BCUT2D eigenvalue weighted by atomic mass is 16.2. The second-order valence-electron chi connectivity index (χ2n) is 3.78. The smallest absolute Gasteiger partial charge is 0.220 e. The molecule has 1 aromatic heterocycles. The van der Waals surface area contributed by atoms with Gasteiger partial charge in [0.15, 0.2) is 0 Å². The molecule has 0 radical (unpaired) electrons. The fourth-order valence-corrected chi connectivity index (χ4v) is 1.25. The number of aryl methyl sites for hydroxylation is 1. The molecule has 1 heterocycles. The van der Waals surface area contributed by atoms with Crippen molar-refractivity contribution in [2.45, 2.75) is 33.2 Å². The van der Waals surface area contributed by atoms with E-state index in [1.165, 1.54) is 6.92 Å². The van der Waals surface area contributed by atoms with E-state index in [4.69, 9.17) is 0 Å². The van der Waals surface area contributed by atoms with Gasteiger partial charge in [0.05, 0.1) is 0 Å². The van der Waals surface area contributed by atoms with Gasteiger partial charge in [-0.15, -0.1) is 0 Å². The molecule has 4 heteroatoms. The van der Waals surface area contributed by atoms with Crippen LogP contribution in [-0.2, 0) is 16.1 Å². The summed E-state index contributed by atoms with van der Waals surface area (Å²) in [7, 11) is 0. The molecule has 1 rings (SSSR count). The Kier molecular flexibility index (Phi) is 4.64. The molecule has 0 fully saturated rings. The van der Waals surface area contributed by atoms with Crippen molar-refractivity contribution in [3.8, 4) is 0 Å². The summed E-state index contributed by atoms with van der Waals surface area (Å²) in [4.78, 5) is 26.0. The first kappa shape index (κ1) is 12.4. The average molecular weight is 220 g/mol. The van der Waals surface area contributed by atoms with Gasteiger partial charge in [0.1, 0.15) is 5.78 Å². The highest BCUT2D eigenvalue weighted by Gasteiger charge is 2.04. The quantitative estimate of drug-likeness (QED) is 0.815. The number of nitrogens with one attached hydrogen (secondary N) is 1. The predicted octanol–water partition coefficient (Wildman–Crippen LogP) is 1.38. The Balaban J connectivity index is 2.37. The lowest BCUT2D eigenvalue weighted by Gasteiger charge is -2.06. The maximum atomic E-state index is 11.3. The summed E-state index contributed by atoms with van der Waals surface area (Å²) in [6.07, 6.45) is 4.02. The fourth-order valence-electron chi connectivity index (χ4n) is 1.25. The maximum Gasteiger partial charge on any atom is 0.220 e. The van der Waals surface area contributed by atoms with E-state index >= 15 is 0 Å². The lowest BCUT2D eigenvalue weighted by molar-refractivity contribution is -0.124. The van der Waals surface area contributed by atoms with Crippen LogP contribution in [0.15, 0.2) is 18.5 Å². The molecule has 0 bridgehead atoms. The van der Waals surface area contributed by atoms with Crippen molar-refractivity contribution in [1.29, 1.82) is 0 Å². The molecule has 86 valence electrons. The van der Waals surface area contributed by atoms with Crippen molar-refractivity contribution in [2.24, 2.45) is 0 Å². The van der Waals surface area contributed by atoms with Crippen molar-refractivity contribution in [2.75, 3.05) is 0 Å². The number of hydrogen-bond acceptors (Lipinski definition) is 3. The zero-order valence-corrected chi connectivity index (χ0v) is 9.62. The van der Waals surface area contributed by atoms with Crippen LogP contribution in [0.25, 0.3) is 0 Å². The maximum absolute atomic E-state index is 11.3. The van der Waals surface area contributed by atoms with E-state index in [0.29, 0.717) is 13.0 Å². The van der Waals surface area contributed by atoms with Crippen LogP contribution in [-0.4, -0.2) is 16.7 Å². The number of hydrogen-bond donors (Lipinski definition) is 1. The third-order valence-electron chi connectivity index (χ3n) is 2.33. The molecule has 4 nitrogen and oxygen atoms in total. The summed E-state index contributed by atoms with van der Waals surface area (Å²) >= 11 is 0. The molecule has 0 aliphatic heterocycles. The Bertz CT molecular complexity index is 388. The Hall–Kier alpha value is -1.71. The van der Waals surface area contributed by atoms with Crippen molar-refractivity contribution < 1.29 is 9.59 Å². The summed E-state index contributed by atoms with van der Waals surface area (Å²) in [6.45, 7) is 3.92. The van der Waals surface area contributed by atoms with Crippen LogP contribution in [0, 0.1) is 6.92 Å². The first-order valence-corrected chi connectivity index (χ1v) is 5.25. The fraction of sp³-hybridized carbons (Fsp3) is 0.417. The van der Waals surface area contributed by atoms with Gasteiger partial charge in [-0.05, 0) is 31.0 Å². The van der Waals surface area contributed by atoms with Gasteiger partial charge in [-0.3, -0.25) is 9.78 Å². The number of aromatic nitrogens is 1. The third-order valence-corrected chi connectivity index (χ3v) is 2.33. The summed E-state index contributed by atoms with van der Waals surface area (Å²) in [5.41, 5.74) is 2.10. The number of rotatable bonds is 5. The van der Waals surface area contributed by atoms with E-state index in [1.54, 1.807) is 12.4 Å². The molecule has 1 amide bonds. The molecule has 16 heavy (non-hydrogen) atoms. The Morgan fingerprint density at radius 1 is 1.38 bits per heavy atom. The van der Waals surface area contributed by atoms with Gasteiger partial charge in [0.2, 0.25) is 5.91 Å². The predicted molar refractivity (Wildman–Crippen MR) is 60.7 cm³/mol. The first-order valence-electron chi connectivity index (χ1n) is 5.25. The number of pyridine rings is 1. The van der Waals surface area contributed by atoms with E-state index in [0.717, 1.165) is 11.1 Å². The van der Waals surface area contributed by atoms with Crippen LogP contribution >= 0.6 is 0 Å². The van der Waals surface area contributed by atoms with Gasteiger partial charge < -0.3 is 10.1 Å². The summed E-state index contributed by atoms with van der Waals surface area (Å²) in [5.74, 6) is -0.0637. The topological polar surface area (TPSA) is 59.1 Å². The highest BCUT2D eigenvalue weighted by Crippen LogP contribution is 2.04. The standard InChI is InChI=1S/C12H16N2O2/c1-9-5-6-13-7-11(9)8-14-12(16)4-3-10(2)15/h5-7H,3-4,8H2,1-2H3,(H,14,16). The minimum atomic E-state index is -0.0987. The van der Waals surface area contributed by atoms with Crippen LogP contribution in [0.5, 0.6) is 0 Å². The van der Waals surface area contributed by atoms with Crippen LogP contribution in [0.3, 0.4) is 0 Å². The van der Waals surface area contributed by atoms with Gasteiger partial charge in [-0.2, -0.15) is 0 Å². The average Bonchev–Trinajstić information content (AvgIpc) is 2.25. The Morgan fingerprint density at radius 3 is 2.75 bits per heavy atom. The summed E-state index contributed by atoms with van der Waals surface area (Å²) in [5, 5.41) is 2.76. The second-order valence-corrected chi connectivity index (χ2v) is 3.78. The molecule has 0 aliphatic rings. The largest absolute Gasteiger partial charge is 0.352 e. The van der Waals surface area contributed by atoms with Gasteiger partial charge in [-0.1, -0.05) is 0 Å². The molecule has 0 unspecified atom stereocenters. The number of nitrogens with zero attached hydrogens (tertiary/aromatic N) is 1. The molecule has 1 aromatic rings. The van der Waals surface area contributed by atoms with Crippen LogP contribution < -0.4 is 5.32 Å². The molecular formula is C12H16N2O2. The molecule has 1 N–H and O–H groups in total. The normalized spacial score (nSPS) is 9.88. The van der Waals surface area contributed by atoms with Gasteiger partial charge >= 0.3 is 0 Å². The van der Waals surface area contributed by atoms with Crippen molar-refractivity contribution in [3.05, 3.63) is 29.6 Å². The Morgan fingerprint density at radius 2 is 2.12 bits per heavy atom. The minimum Gasteiger partial charge on any atom is -0.352 e. The zero-order chi connectivity index (χ0) is 12.0. The van der Waals surface area contributed by atoms with Crippen molar-refractivity contribution >= 4 is 11.7 Å². The van der Waals surface area contributed by atoms with Crippen LogP contribution in [0.4, 0.5) is 0 Å². The summed E-state index contributed by atoms with van der Waals surface area (Å²) in [6, 6.07) is 1.90. The molecule has 0 atom stereocenters. The number of carbonyl (C=O) groups excluding carboxylic acids is 2. The molecule has 0 spiro atoms. The van der Waals surface area contributed by atoms with Crippen molar-refractivity contribution in [1.82, 2.24) is 10.3 Å². The number of Topliss-reactive ketones (excluding diaryl/α,β-unsaturated/α-hetero) is 1. The number of ketones is 1. The van der Waals surface area contributed by atoms with E-state index in [-0.39, 0.29) is 18.1 Å². The minimum absolute atomic E-state index is 0.0349. The molecular weight excluding hydrogens is 204 g/mol. The van der Waals surface area contributed by atoms with Gasteiger partial charge in [-0.25, -0.2) is 0 Å². The van der Waals surface area contributed by atoms with Crippen LogP contribution in [0.2, 0.25) is 0 Å². The molecule has 0 aliphatic carbocycles. The van der Waals surface area contributed by atoms with E-state index in [1.807, 2.05) is 13.0 Å². The van der Waals surface area contributed by atoms with Gasteiger partial charge in [0.25, 0.3) is 0 Å². The molecule has 0 saturated carbocycles. The van der Waals surface area contributed by atoms with Gasteiger partial charge in [0, 0.05) is 31.8 Å². The lowest BCUT2D eigenvalue weighted by atomic mass is 10.1. The van der Waals surface area contributed by atoms with E-state index in [2.05, 4.69) is 10.3 Å². The van der Waals surface area contributed by atoms with Crippen molar-refractivity contribution in [3.63, 3.8) is 0 Å².